The SMILES string of the molecule is CC(N)CCCC(C)C(=O)NCCN1CCSCC1. The number of hydrogen-bond acceptors (Lipinski definition) is 4. The van der Waals surface area contributed by atoms with Gasteiger partial charge in [0.2, 0.25) is 5.91 Å². The maximum atomic E-state index is 11.9. The molecule has 3 N–H and O–H groups in total. The third kappa shape index (κ3) is 7.80. The zero-order chi connectivity index (χ0) is 14.1. The van der Waals surface area contributed by atoms with Crippen LogP contribution in [0, 0.1) is 5.92 Å². The molecule has 1 aliphatic heterocycles. The van der Waals surface area contributed by atoms with Crippen LogP contribution in [0.3, 0.4) is 0 Å². The van der Waals surface area contributed by atoms with E-state index in [2.05, 4.69) is 10.2 Å². The fourth-order valence-corrected chi connectivity index (χ4v) is 3.19. The molecule has 1 amide bonds. The number of nitrogens with one attached hydrogen (secondary N) is 1. The molecule has 0 bridgehead atoms. The molecule has 1 aliphatic rings. The summed E-state index contributed by atoms with van der Waals surface area (Å²) in [5.41, 5.74) is 5.71. The van der Waals surface area contributed by atoms with Crippen LogP contribution in [0.1, 0.15) is 33.1 Å². The fourth-order valence-electron chi connectivity index (χ4n) is 2.21. The van der Waals surface area contributed by atoms with E-state index in [9.17, 15) is 4.79 Å². The Balaban J connectivity index is 2.05. The summed E-state index contributed by atoms with van der Waals surface area (Å²) in [5, 5.41) is 3.05. The third-order valence-electron chi connectivity index (χ3n) is 3.58. The zero-order valence-electron chi connectivity index (χ0n) is 12.4. The van der Waals surface area contributed by atoms with Crippen molar-refractivity contribution in [2.24, 2.45) is 11.7 Å². The van der Waals surface area contributed by atoms with Gasteiger partial charge in [-0.3, -0.25) is 9.69 Å². The van der Waals surface area contributed by atoms with Crippen LogP contribution in [0.25, 0.3) is 0 Å². The topological polar surface area (TPSA) is 58.4 Å². The first-order valence-corrected chi connectivity index (χ1v) is 8.58. The molecule has 1 heterocycles. The predicted octanol–water partition coefficient (Wildman–Crippen LogP) is 1.31. The number of nitrogens with zero attached hydrogens (tertiary/aromatic N) is 1. The molecule has 2 atom stereocenters. The van der Waals surface area contributed by atoms with E-state index >= 15 is 0 Å². The maximum Gasteiger partial charge on any atom is 0.222 e. The van der Waals surface area contributed by atoms with Crippen LogP contribution in [0.15, 0.2) is 0 Å². The molecule has 0 spiro atoms. The lowest BCUT2D eigenvalue weighted by atomic mass is 10.0. The highest BCUT2D eigenvalue weighted by Crippen LogP contribution is 2.10. The summed E-state index contributed by atoms with van der Waals surface area (Å²) >= 11 is 2.02. The summed E-state index contributed by atoms with van der Waals surface area (Å²) in [4.78, 5) is 14.3. The Morgan fingerprint density at radius 2 is 2.00 bits per heavy atom. The molecule has 0 aromatic carbocycles. The van der Waals surface area contributed by atoms with E-state index in [0.717, 1.165) is 45.4 Å². The van der Waals surface area contributed by atoms with Gasteiger partial charge in [0.25, 0.3) is 0 Å². The van der Waals surface area contributed by atoms with Crippen molar-refractivity contribution in [3.63, 3.8) is 0 Å². The minimum Gasteiger partial charge on any atom is -0.355 e. The standard InChI is InChI=1S/C14H29N3OS/c1-12(4-3-5-13(2)15)14(18)16-6-7-17-8-10-19-11-9-17/h12-13H,3-11,15H2,1-2H3,(H,16,18). The van der Waals surface area contributed by atoms with Crippen molar-refractivity contribution in [2.45, 2.75) is 39.2 Å². The molecule has 1 rings (SSSR count). The zero-order valence-corrected chi connectivity index (χ0v) is 13.2. The Morgan fingerprint density at radius 3 is 2.63 bits per heavy atom. The molecule has 1 fully saturated rings. The van der Waals surface area contributed by atoms with E-state index in [1.54, 1.807) is 0 Å². The maximum absolute atomic E-state index is 11.9. The van der Waals surface area contributed by atoms with Gasteiger partial charge < -0.3 is 11.1 Å². The van der Waals surface area contributed by atoms with Crippen molar-refractivity contribution in [3.05, 3.63) is 0 Å². The fraction of sp³-hybridized carbons (Fsp3) is 0.929. The van der Waals surface area contributed by atoms with E-state index in [4.69, 9.17) is 5.73 Å². The van der Waals surface area contributed by atoms with E-state index in [1.807, 2.05) is 25.6 Å². The molecule has 112 valence electrons. The smallest absolute Gasteiger partial charge is 0.222 e. The van der Waals surface area contributed by atoms with Gasteiger partial charge in [0.1, 0.15) is 0 Å². The Morgan fingerprint density at radius 1 is 1.32 bits per heavy atom. The van der Waals surface area contributed by atoms with Gasteiger partial charge in [-0.1, -0.05) is 13.3 Å². The first-order valence-electron chi connectivity index (χ1n) is 7.43. The van der Waals surface area contributed by atoms with Crippen LogP contribution in [-0.4, -0.2) is 54.5 Å². The van der Waals surface area contributed by atoms with Gasteiger partial charge >= 0.3 is 0 Å². The third-order valence-corrected chi connectivity index (χ3v) is 4.52. The van der Waals surface area contributed by atoms with Crippen molar-refractivity contribution < 1.29 is 4.79 Å². The highest BCUT2D eigenvalue weighted by molar-refractivity contribution is 7.99. The van der Waals surface area contributed by atoms with E-state index < -0.39 is 0 Å². The van der Waals surface area contributed by atoms with Gasteiger partial charge in [-0.2, -0.15) is 11.8 Å². The molecule has 4 nitrogen and oxygen atoms in total. The first-order chi connectivity index (χ1) is 9.09. The van der Waals surface area contributed by atoms with Crippen molar-refractivity contribution >= 4 is 17.7 Å². The Hall–Kier alpha value is -0.260. The number of nitrogens with two attached hydrogens (primary N) is 1. The van der Waals surface area contributed by atoms with E-state index in [0.29, 0.717) is 0 Å². The predicted molar refractivity (Wildman–Crippen MR) is 83.4 cm³/mol. The van der Waals surface area contributed by atoms with Gasteiger partial charge in [-0.25, -0.2) is 0 Å². The largest absolute Gasteiger partial charge is 0.355 e. The molecule has 0 aromatic heterocycles. The summed E-state index contributed by atoms with van der Waals surface area (Å²) in [6.45, 7) is 8.10. The van der Waals surface area contributed by atoms with Gasteiger partial charge in [0.15, 0.2) is 0 Å². The second-order valence-corrected chi connectivity index (χ2v) is 6.78. The summed E-state index contributed by atoms with van der Waals surface area (Å²) < 4.78 is 0. The summed E-state index contributed by atoms with van der Waals surface area (Å²) in [5.74, 6) is 2.75. The first kappa shape index (κ1) is 16.8. The molecule has 5 heteroatoms. The van der Waals surface area contributed by atoms with Gasteiger partial charge in [0.05, 0.1) is 0 Å². The van der Waals surface area contributed by atoms with E-state index in [1.165, 1.54) is 11.5 Å². The van der Waals surface area contributed by atoms with Crippen molar-refractivity contribution in [3.8, 4) is 0 Å². The molecule has 0 aromatic rings. The highest BCUT2D eigenvalue weighted by atomic mass is 32.2. The molecule has 19 heavy (non-hydrogen) atoms. The number of rotatable bonds is 8. The Kier molecular flexibility index (Phi) is 8.50. The van der Waals surface area contributed by atoms with Crippen LogP contribution >= 0.6 is 11.8 Å². The second-order valence-electron chi connectivity index (χ2n) is 5.55. The molecule has 2 unspecified atom stereocenters. The minimum absolute atomic E-state index is 0.107. The summed E-state index contributed by atoms with van der Waals surface area (Å²) in [6.07, 6.45) is 2.98. The molecule has 0 aliphatic carbocycles. The number of amides is 1. The van der Waals surface area contributed by atoms with Crippen LogP contribution in [0.5, 0.6) is 0 Å². The van der Waals surface area contributed by atoms with Crippen LogP contribution in [-0.2, 0) is 4.79 Å². The number of carbonyl (C=O) groups excluding carboxylic acids is 1. The lowest BCUT2D eigenvalue weighted by Crippen LogP contribution is -2.40. The highest BCUT2D eigenvalue weighted by Gasteiger charge is 2.14. The summed E-state index contributed by atoms with van der Waals surface area (Å²) in [6, 6.07) is 0.243. The molecule has 0 radical (unpaired) electrons. The van der Waals surface area contributed by atoms with E-state index in [-0.39, 0.29) is 17.9 Å². The summed E-state index contributed by atoms with van der Waals surface area (Å²) in [7, 11) is 0. The van der Waals surface area contributed by atoms with Gasteiger partial charge in [-0.15, -0.1) is 0 Å². The quantitative estimate of drug-likeness (QED) is 0.706. The van der Waals surface area contributed by atoms with Gasteiger partial charge in [-0.05, 0) is 19.8 Å². The van der Waals surface area contributed by atoms with Crippen molar-refractivity contribution in [1.29, 1.82) is 0 Å². The second kappa shape index (κ2) is 9.61. The molecular formula is C14H29N3OS. The average Bonchev–Trinajstić information content (AvgIpc) is 2.39. The molecule has 0 saturated carbocycles. The van der Waals surface area contributed by atoms with Crippen molar-refractivity contribution in [1.82, 2.24) is 10.2 Å². The lowest BCUT2D eigenvalue weighted by Gasteiger charge is -2.26. The molecule has 1 saturated heterocycles. The average molecular weight is 287 g/mol. The van der Waals surface area contributed by atoms with Crippen molar-refractivity contribution in [2.75, 3.05) is 37.7 Å². The normalized spacial score (nSPS) is 19.9. The van der Waals surface area contributed by atoms with Crippen LogP contribution < -0.4 is 11.1 Å². The monoisotopic (exact) mass is 287 g/mol. The van der Waals surface area contributed by atoms with Crippen LogP contribution in [0.4, 0.5) is 0 Å². The Bertz CT molecular complexity index is 255. The van der Waals surface area contributed by atoms with Crippen LogP contribution in [0.2, 0.25) is 0 Å². The van der Waals surface area contributed by atoms with Gasteiger partial charge in [0, 0.05) is 49.6 Å². The number of carbonyl (C=O) groups is 1. The number of hydrogen-bond donors (Lipinski definition) is 2. The molecular weight excluding hydrogens is 258 g/mol. The number of thioether (sulfide) groups is 1. The lowest BCUT2D eigenvalue weighted by molar-refractivity contribution is -0.124. The Labute approximate surface area is 121 Å². The minimum atomic E-state index is 0.107.